The third-order valence-electron chi connectivity index (χ3n) is 9.56. The molecule has 7 heteroatoms. The molecule has 2 aromatic carbocycles. The number of benzene rings is 2. The van der Waals surface area contributed by atoms with Crippen LogP contribution in [0.2, 0.25) is 0 Å². The van der Waals surface area contributed by atoms with Crippen LogP contribution in [-0.4, -0.2) is 35.8 Å². The van der Waals surface area contributed by atoms with Crippen molar-refractivity contribution in [3.8, 4) is 0 Å². The number of nitrogens with one attached hydrogen (secondary N) is 1. The van der Waals surface area contributed by atoms with Crippen molar-refractivity contribution in [1.29, 1.82) is 0 Å². The van der Waals surface area contributed by atoms with Crippen molar-refractivity contribution in [2.45, 2.75) is 77.9 Å². The SMILES string of the molecule is Cc1ccc(C[C@H](NC(=O)c2cc(Cc3ccccc3)on2)B2O[C@@H]3C[C@@H]4C[C@@H](C4(C)C)[C@]3(C)O2)c(C)c1. The fourth-order valence-corrected chi connectivity index (χ4v) is 7.14. The van der Waals surface area contributed by atoms with Crippen LogP contribution in [0.3, 0.4) is 0 Å². The van der Waals surface area contributed by atoms with E-state index < -0.39 is 7.12 Å². The first-order valence-electron chi connectivity index (χ1n) is 13.8. The highest BCUT2D eigenvalue weighted by atomic mass is 16.7. The molecule has 3 aromatic rings. The number of nitrogens with zero attached hydrogens (tertiary/aromatic N) is 1. The molecule has 3 aliphatic carbocycles. The lowest BCUT2D eigenvalue weighted by Gasteiger charge is -2.64. The number of rotatable bonds is 7. The summed E-state index contributed by atoms with van der Waals surface area (Å²) in [7, 11) is -0.527. The summed E-state index contributed by atoms with van der Waals surface area (Å²) in [6, 6.07) is 18.2. The summed E-state index contributed by atoms with van der Waals surface area (Å²) in [5.41, 5.74) is 4.87. The fourth-order valence-electron chi connectivity index (χ4n) is 7.14. The summed E-state index contributed by atoms with van der Waals surface area (Å²) < 4.78 is 18.9. The monoisotopic (exact) mass is 512 g/mol. The summed E-state index contributed by atoms with van der Waals surface area (Å²) >= 11 is 0. The maximum Gasteiger partial charge on any atom is 0.482 e. The quantitative estimate of drug-likeness (QED) is 0.424. The number of aromatic nitrogens is 1. The lowest BCUT2D eigenvalue weighted by atomic mass is 9.43. The van der Waals surface area contributed by atoms with Crippen LogP contribution >= 0.6 is 0 Å². The van der Waals surface area contributed by atoms with Gasteiger partial charge in [0.25, 0.3) is 5.91 Å². The minimum absolute atomic E-state index is 0.0484. The van der Waals surface area contributed by atoms with Crippen LogP contribution < -0.4 is 5.32 Å². The average Bonchev–Trinajstić information content (AvgIpc) is 3.49. The van der Waals surface area contributed by atoms with Crippen LogP contribution in [-0.2, 0) is 22.2 Å². The van der Waals surface area contributed by atoms with Gasteiger partial charge in [0.2, 0.25) is 0 Å². The van der Waals surface area contributed by atoms with E-state index in [2.05, 4.69) is 63.3 Å². The summed E-state index contributed by atoms with van der Waals surface area (Å²) in [5.74, 6) is 1.14. The van der Waals surface area contributed by atoms with E-state index >= 15 is 0 Å². The van der Waals surface area contributed by atoms with Gasteiger partial charge >= 0.3 is 7.12 Å². The maximum absolute atomic E-state index is 13.4. The van der Waals surface area contributed by atoms with Gasteiger partial charge in [0.15, 0.2) is 5.69 Å². The van der Waals surface area contributed by atoms with Crippen LogP contribution in [0.25, 0.3) is 0 Å². The molecule has 1 aliphatic heterocycles. The molecule has 1 aromatic heterocycles. The Bertz CT molecular complexity index is 1340. The van der Waals surface area contributed by atoms with Crippen molar-refractivity contribution in [3.63, 3.8) is 0 Å². The van der Waals surface area contributed by atoms with Crippen molar-refractivity contribution in [2.75, 3.05) is 0 Å². The highest BCUT2D eigenvalue weighted by Gasteiger charge is 2.68. The van der Waals surface area contributed by atoms with Crippen LogP contribution in [0.1, 0.15) is 72.1 Å². The molecule has 5 atom stereocenters. The molecule has 4 fully saturated rings. The Morgan fingerprint density at radius 3 is 2.63 bits per heavy atom. The van der Waals surface area contributed by atoms with Gasteiger partial charge in [-0.05, 0) is 74.0 Å². The van der Waals surface area contributed by atoms with Crippen molar-refractivity contribution >= 4 is 13.0 Å². The van der Waals surface area contributed by atoms with Gasteiger partial charge in [-0.2, -0.15) is 0 Å². The Balaban J connectivity index is 1.23. The highest BCUT2D eigenvalue weighted by Crippen LogP contribution is 2.65. The number of hydrogen-bond acceptors (Lipinski definition) is 5. The van der Waals surface area contributed by atoms with Gasteiger partial charge in [-0.15, -0.1) is 0 Å². The summed E-state index contributed by atoms with van der Waals surface area (Å²) in [4.78, 5) is 13.4. The van der Waals surface area contributed by atoms with Crippen LogP contribution in [0.15, 0.2) is 59.1 Å². The summed E-state index contributed by atoms with van der Waals surface area (Å²) in [5, 5.41) is 7.29. The standard InChI is InChI=1S/C31H37BN2O4/c1-19-11-12-22(20(2)13-19)15-28(32-36-27-17-23-16-26(30(23,3)4)31(27,5)38-32)33-29(35)25-18-24(37-34-25)14-21-9-7-6-8-10-21/h6-13,18,23,26-28H,14-17H2,1-5H3,(H,33,35)/t23-,26-,27+,28-,31-/m0/s1. The first-order chi connectivity index (χ1) is 18.1. The van der Waals surface area contributed by atoms with Gasteiger partial charge in [0.1, 0.15) is 5.76 Å². The molecule has 1 amide bonds. The van der Waals surface area contributed by atoms with E-state index in [4.69, 9.17) is 13.8 Å². The zero-order valence-corrected chi connectivity index (χ0v) is 23.0. The molecule has 198 valence electrons. The summed E-state index contributed by atoms with van der Waals surface area (Å²) in [6.07, 6.45) is 3.44. The van der Waals surface area contributed by atoms with E-state index in [9.17, 15) is 4.79 Å². The molecular weight excluding hydrogens is 475 g/mol. The zero-order chi connectivity index (χ0) is 26.7. The molecule has 6 nitrogen and oxygen atoms in total. The molecule has 0 radical (unpaired) electrons. The second-order valence-electron chi connectivity index (χ2n) is 12.4. The minimum atomic E-state index is -0.527. The number of hydrogen-bond donors (Lipinski definition) is 1. The molecule has 0 unspecified atom stereocenters. The van der Waals surface area contributed by atoms with Gasteiger partial charge in [0, 0.05) is 12.5 Å². The molecule has 7 rings (SSSR count). The Morgan fingerprint density at radius 2 is 1.89 bits per heavy atom. The third kappa shape index (κ3) is 4.40. The third-order valence-corrected chi connectivity index (χ3v) is 9.56. The summed E-state index contributed by atoms with van der Waals surface area (Å²) in [6.45, 7) is 11.1. The van der Waals surface area contributed by atoms with Gasteiger partial charge in [-0.25, -0.2) is 0 Å². The predicted molar refractivity (Wildman–Crippen MR) is 147 cm³/mol. The molecule has 1 saturated heterocycles. The second-order valence-corrected chi connectivity index (χ2v) is 12.4. The van der Waals surface area contributed by atoms with Crippen LogP contribution in [0.4, 0.5) is 0 Å². The Labute approximate surface area is 225 Å². The molecule has 2 bridgehead atoms. The first-order valence-corrected chi connectivity index (χ1v) is 13.8. The van der Waals surface area contributed by atoms with Crippen molar-refractivity contribution in [3.05, 3.63) is 88.3 Å². The molecule has 2 heterocycles. The molecule has 38 heavy (non-hydrogen) atoms. The number of carbonyl (C=O) groups is 1. The van der Waals surface area contributed by atoms with Crippen LogP contribution in [0, 0.1) is 31.1 Å². The van der Waals surface area contributed by atoms with Gasteiger partial charge in [0.05, 0.1) is 17.6 Å². The van der Waals surface area contributed by atoms with Gasteiger partial charge < -0.3 is 19.1 Å². The van der Waals surface area contributed by atoms with E-state index in [1.807, 2.05) is 30.3 Å². The molecular formula is C31H37BN2O4. The van der Waals surface area contributed by atoms with E-state index in [-0.39, 0.29) is 34.7 Å². The largest absolute Gasteiger partial charge is 0.482 e. The number of amides is 1. The molecule has 0 spiro atoms. The average molecular weight is 512 g/mol. The van der Waals surface area contributed by atoms with E-state index in [1.54, 1.807) is 6.07 Å². The number of aryl methyl sites for hydroxylation is 2. The van der Waals surface area contributed by atoms with Gasteiger partial charge in [-0.3, -0.25) is 4.79 Å². The molecule has 1 N–H and O–H groups in total. The topological polar surface area (TPSA) is 73.6 Å². The lowest BCUT2D eigenvalue weighted by Crippen LogP contribution is -2.65. The predicted octanol–water partition coefficient (Wildman–Crippen LogP) is 5.49. The van der Waals surface area contributed by atoms with Crippen LogP contribution in [0.5, 0.6) is 0 Å². The van der Waals surface area contributed by atoms with E-state index in [0.29, 0.717) is 30.4 Å². The van der Waals surface area contributed by atoms with Crippen molar-refractivity contribution < 1.29 is 18.6 Å². The zero-order valence-electron chi connectivity index (χ0n) is 23.0. The fraction of sp³-hybridized carbons (Fsp3) is 0.484. The van der Waals surface area contributed by atoms with E-state index in [1.165, 1.54) is 23.1 Å². The smallest absolute Gasteiger partial charge is 0.404 e. The van der Waals surface area contributed by atoms with E-state index in [0.717, 1.165) is 12.0 Å². The Hall–Kier alpha value is -2.90. The minimum Gasteiger partial charge on any atom is -0.404 e. The maximum atomic E-state index is 13.4. The van der Waals surface area contributed by atoms with Gasteiger partial charge in [-0.1, -0.05) is 73.1 Å². The van der Waals surface area contributed by atoms with Crippen molar-refractivity contribution in [2.24, 2.45) is 17.3 Å². The first kappa shape index (κ1) is 25.4. The number of carbonyl (C=O) groups excluding carboxylic acids is 1. The lowest BCUT2D eigenvalue weighted by molar-refractivity contribution is -0.199. The normalized spacial score (nSPS) is 27.9. The molecule has 4 aliphatic rings. The Kier molecular flexibility index (Phi) is 6.27. The Morgan fingerprint density at radius 1 is 1.11 bits per heavy atom. The molecule has 3 saturated carbocycles. The second kappa shape index (κ2) is 9.39. The highest BCUT2D eigenvalue weighted by molar-refractivity contribution is 6.48. The van der Waals surface area contributed by atoms with Crippen molar-refractivity contribution in [1.82, 2.24) is 10.5 Å².